The molecule has 3 aliphatic heterocycles. The summed E-state index contributed by atoms with van der Waals surface area (Å²) in [6.07, 6.45) is -0.611. The summed E-state index contributed by atoms with van der Waals surface area (Å²) in [6.45, 7) is 3.33. The summed E-state index contributed by atoms with van der Waals surface area (Å²) in [5.41, 5.74) is -3.49. The van der Waals surface area contributed by atoms with Gasteiger partial charge in [-0.25, -0.2) is 4.90 Å². The molecule has 4 heterocycles. The molecule has 0 N–H and O–H groups in total. The summed E-state index contributed by atoms with van der Waals surface area (Å²) in [5, 5.41) is 9.07. The van der Waals surface area contributed by atoms with Gasteiger partial charge in [-0.1, -0.05) is 0 Å². The van der Waals surface area contributed by atoms with Crippen molar-refractivity contribution in [2.24, 2.45) is 17.8 Å². The number of Topliss-reactive ketones (excluding diaryl/α,β-unsaturated/α-hetero) is 1. The second-order valence-electron chi connectivity index (χ2n) is 9.98. The van der Waals surface area contributed by atoms with Gasteiger partial charge in [0.05, 0.1) is 51.8 Å². The standard InChI is InChI=1S/C26H22F3N3O4/c1-24-12-18(19(33)6-3-14-7-9-31-10-8-14)25(2,36-24)21-20(24)22(34)32(23(21)35)16-5-4-15(13-30)17(11-16)26(27,28)29/h4-5,7-11,18,20-21H,3,6,12H2,1-2H3/t18-,20+,21-,24-,25+/m0/s1. The number of alkyl halides is 3. The number of aryl methyl sites for hydroxylation is 1. The van der Waals surface area contributed by atoms with Crippen molar-refractivity contribution in [2.75, 3.05) is 4.90 Å². The second kappa shape index (κ2) is 7.96. The first-order valence-electron chi connectivity index (χ1n) is 11.5. The van der Waals surface area contributed by atoms with Crippen LogP contribution >= 0.6 is 0 Å². The van der Waals surface area contributed by atoms with Crippen LogP contribution in [0.15, 0.2) is 42.7 Å². The fourth-order valence-electron chi connectivity index (χ4n) is 6.24. The molecule has 5 rings (SSSR count). The van der Waals surface area contributed by atoms with Gasteiger partial charge in [0.1, 0.15) is 5.78 Å². The Morgan fingerprint density at radius 1 is 1.17 bits per heavy atom. The van der Waals surface area contributed by atoms with Crippen LogP contribution in [0.25, 0.3) is 0 Å². The number of halogens is 3. The highest BCUT2D eigenvalue weighted by Crippen LogP contribution is 2.63. The number of hydrogen-bond acceptors (Lipinski definition) is 6. The molecule has 7 nitrogen and oxygen atoms in total. The summed E-state index contributed by atoms with van der Waals surface area (Å²) in [5.74, 6) is -3.98. The normalized spacial score (nSPS) is 31.0. The van der Waals surface area contributed by atoms with Crippen LogP contribution in [0.4, 0.5) is 18.9 Å². The Labute approximate surface area is 204 Å². The first kappa shape index (κ1) is 24.1. The molecule has 0 saturated carbocycles. The third-order valence-electron chi connectivity index (χ3n) is 7.82. The number of hydrogen-bond donors (Lipinski definition) is 0. The first-order valence-corrected chi connectivity index (χ1v) is 11.5. The quantitative estimate of drug-likeness (QED) is 0.582. The molecule has 0 aliphatic carbocycles. The minimum atomic E-state index is -4.84. The van der Waals surface area contributed by atoms with Crippen molar-refractivity contribution in [3.63, 3.8) is 0 Å². The van der Waals surface area contributed by atoms with Crippen molar-refractivity contribution in [1.29, 1.82) is 5.26 Å². The molecule has 1 aromatic heterocycles. The number of benzene rings is 1. The van der Waals surface area contributed by atoms with Gasteiger partial charge in [0.2, 0.25) is 11.8 Å². The van der Waals surface area contributed by atoms with Gasteiger partial charge in [0, 0.05) is 18.8 Å². The van der Waals surface area contributed by atoms with Crippen LogP contribution in [0.1, 0.15) is 43.4 Å². The number of nitriles is 1. The van der Waals surface area contributed by atoms with E-state index in [4.69, 9.17) is 10.00 Å². The second-order valence-corrected chi connectivity index (χ2v) is 9.98. The molecule has 1 aromatic carbocycles. The number of fused-ring (bicyclic) bond motifs is 5. The highest BCUT2D eigenvalue weighted by molar-refractivity contribution is 6.23. The van der Waals surface area contributed by atoms with Gasteiger partial charge in [-0.3, -0.25) is 19.4 Å². The maximum absolute atomic E-state index is 13.6. The Morgan fingerprint density at radius 2 is 1.83 bits per heavy atom. The molecule has 3 saturated heterocycles. The van der Waals surface area contributed by atoms with E-state index in [1.54, 1.807) is 26.2 Å². The minimum Gasteiger partial charge on any atom is -0.367 e. The van der Waals surface area contributed by atoms with Crippen LogP contribution in [-0.2, 0) is 31.7 Å². The number of anilines is 1. The van der Waals surface area contributed by atoms with Gasteiger partial charge >= 0.3 is 6.18 Å². The predicted molar refractivity (Wildman–Crippen MR) is 119 cm³/mol. The average Bonchev–Trinajstić information content (AvgIpc) is 3.37. The number of pyridine rings is 1. The van der Waals surface area contributed by atoms with Gasteiger partial charge in [0.25, 0.3) is 0 Å². The maximum atomic E-state index is 13.6. The molecule has 10 heteroatoms. The fourth-order valence-corrected chi connectivity index (χ4v) is 6.24. The third kappa shape index (κ3) is 3.45. The number of carbonyl (C=O) groups is 3. The van der Waals surface area contributed by atoms with Crippen LogP contribution in [0.5, 0.6) is 0 Å². The van der Waals surface area contributed by atoms with Crippen LogP contribution < -0.4 is 4.90 Å². The average molecular weight is 497 g/mol. The van der Waals surface area contributed by atoms with Crippen molar-refractivity contribution >= 4 is 23.3 Å². The van der Waals surface area contributed by atoms with E-state index in [0.717, 1.165) is 22.6 Å². The van der Waals surface area contributed by atoms with E-state index in [2.05, 4.69) is 4.98 Å². The smallest absolute Gasteiger partial charge is 0.367 e. The molecule has 2 amide bonds. The van der Waals surface area contributed by atoms with Crippen LogP contribution in [0, 0.1) is 29.1 Å². The van der Waals surface area contributed by atoms with Crippen LogP contribution in [-0.4, -0.2) is 33.8 Å². The zero-order valence-corrected chi connectivity index (χ0v) is 19.5. The maximum Gasteiger partial charge on any atom is 0.417 e. The number of imide groups is 1. The summed E-state index contributed by atoms with van der Waals surface area (Å²) in [7, 11) is 0. The molecular weight excluding hydrogens is 475 g/mol. The molecular formula is C26H22F3N3O4. The van der Waals surface area contributed by atoms with Gasteiger partial charge in [-0.2, -0.15) is 18.4 Å². The van der Waals surface area contributed by atoms with E-state index in [0.29, 0.717) is 12.5 Å². The minimum absolute atomic E-state index is 0.0899. The van der Waals surface area contributed by atoms with E-state index in [9.17, 15) is 27.6 Å². The summed E-state index contributed by atoms with van der Waals surface area (Å²) >= 11 is 0. The van der Waals surface area contributed by atoms with E-state index in [1.165, 1.54) is 6.07 Å². The van der Waals surface area contributed by atoms with Crippen molar-refractivity contribution < 1.29 is 32.3 Å². The third-order valence-corrected chi connectivity index (χ3v) is 7.82. The summed E-state index contributed by atoms with van der Waals surface area (Å²) in [4.78, 5) is 44.9. The van der Waals surface area contributed by atoms with Crippen molar-refractivity contribution in [3.05, 3.63) is 59.4 Å². The van der Waals surface area contributed by atoms with Crippen molar-refractivity contribution in [3.8, 4) is 6.07 Å². The first-order chi connectivity index (χ1) is 16.9. The monoisotopic (exact) mass is 497 g/mol. The van der Waals surface area contributed by atoms with Crippen molar-refractivity contribution in [2.45, 2.75) is 50.5 Å². The zero-order chi connectivity index (χ0) is 26.0. The number of nitrogens with zero attached hydrogens (tertiary/aromatic N) is 3. The molecule has 5 atom stereocenters. The predicted octanol–water partition coefficient (Wildman–Crippen LogP) is 3.85. The lowest BCUT2D eigenvalue weighted by atomic mass is 9.62. The lowest BCUT2D eigenvalue weighted by molar-refractivity contribution is -0.138. The molecule has 0 radical (unpaired) electrons. The summed E-state index contributed by atoms with van der Waals surface area (Å²) < 4.78 is 46.8. The van der Waals surface area contributed by atoms with E-state index in [1.807, 2.05) is 12.1 Å². The number of rotatable bonds is 5. The Bertz CT molecular complexity index is 1320. The molecule has 0 spiro atoms. The number of amides is 2. The lowest BCUT2D eigenvalue weighted by Gasteiger charge is -2.34. The van der Waals surface area contributed by atoms with Crippen LogP contribution in [0.2, 0.25) is 0 Å². The number of carbonyl (C=O) groups excluding carboxylic acids is 3. The number of ketones is 1. The topological polar surface area (TPSA) is 100 Å². The van der Waals surface area contributed by atoms with Gasteiger partial charge in [-0.15, -0.1) is 0 Å². The van der Waals surface area contributed by atoms with Crippen LogP contribution in [0.3, 0.4) is 0 Å². The number of ether oxygens (including phenoxy) is 1. The molecule has 3 aliphatic rings. The van der Waals surface area contributed by atoms with Gasteiger partial charge < -0.3 is 4.74 Å². The molecule has 0 unspecified atom stereocenters. The van der Waals surface area contributed by atoms with Gasteiger partial charge in [-0.05, 0) is 62.6 Å². The highest BCUT2D eigenvalue weighted by atomic mass is 19.4. The molecule has 2 bridgehead atoms. The Kier molecular flexibility index (Phi) is 5.34. The molecule has 36 heavy (non-hydrogen) atoms. The zero-order valence-electron chi connectivity index (χ0n) is 19.5. The molecule has 186 valence electrons. The van der Waals surface area contributed by atoms with E-state index >= 15 is 0 Å². The van der Waals surface area contributed by atoms with E-state index < -0.39 is 58.1 Å². The molecule has 3 fully saturated rings. The Morgan fingerprint density at radius 3 is 2.47 bits per heavy atom. The number of aromatic nitrogens is 1. The summed E-state index contributed by atoms with van der Waals surface area (Å²) in [6, 6.07) is 7.88. The SMILES string of the molecule is C[C@@]12O[C@@](C)(C[C@H]1C(=O)CCc1ccncc1)[C@H]1C(=O)N(c3ccc(C#N)c(C(F)(F)F)c3)C(=O)[C@H]12. The Hall–Kier alpha value is -3.58. The highest BCUT2D eigenvalue weighted by Gasteiger charge is 2.76. The fraction of sp³-hybridized carbons (Fsp3) is 0.423. The largest absolute Gasteiger partial charge is 0.417 e. The van der Waals surface area contributed by atoms with Crippen molar-refractivity contribution in [1.82, 2.24) is 4.98 Å². The van der Waals surface area contributed by atoms with E-state index in [-0.39, 0.29) is 24.3 Å². The molecule has 2 aromatic rings. The Balaban J connectivity index is 1.45. The van der Waals surface area contributed by atoms with Gasteiger partial charge in [0.15, 0.2) is 0 Å². The lowest BCUT2D eigenvalue weighted by Crippen LogP contribution is -2.48.